The number of rotatable bonds is 3. The van der Waals surface area contributed by atoms with E-state index in [1.54, 1.807) is 22.3 Å². The van der Waals surface area contributed by atoms with E-state index in [2.05, 4.69) is 0 Å². The number of amides is 3. The zero-order chi connectivity index (χ0) is 16.4. The van der Waals surface area contributed by atoms with E-state index in [0.29, 0.717) is 4.91 Å². The lowest BCUT2D eigenvalue weighted by Crippen LogP contribution is -2.44. The Labute approximate surface area is 143 Å². The highest BCUT2D eigenvalue weighted by Crippen LogP contribution is 2.33. The van der Waals surface area contributed by atoms with E-state index in [1.807, 2.05) is 19.1 Å². The van der Waals surface area contributed by atoms with Crippen molar-refractivity contribution in [2.75, 3.05) is 19.6 Å². The number of carbonyl (C=O) groups excluding carboxylic acids is 3. The molecule has 0 aliphatic carbocycles. The van der Waals surface area contributed by atoms with Gasteiger partial charge in [-0.25, -0.2) is 0 Å². The first-order chi connectivity index (χ1) is 11.0. The Kier molecular flexibility index (Phi) is 4.87. The third kappa shape index (κ3) is 3.67. The molecule has 1 aromatic heterocycles. The van der Waals surface area contributed by atoms with Gasteiger partial charge in [-0.15, -0.1) is 11.3 Å². The first kappa shape index (κ1) is 16.3. The minimum Gasteiger partial charge on any atom is -0.341 e. The molecule has 3 heterocycles. The summed E-state index contributed by atoms with van der Waals surface area (Å²) < 4.78 is 0. The van der Waals surface area contributed by atoms with E-state index in [-0.39, 0.29) is 23.6 Å². The van der Waals surface area contributed by atoms with Crippen molar-refractivity contribution >= 4 is 46.2 Å². The van der Waals surface area contributed by atoms with Gasteiger partial charge in [0.25, 0.3) is 11.1 Å². The van der Waals surface area contributed by atoms with Crippen molar-refractivity contribution in [3.63, 3.8) is 0 Å². The Bertz CT molecular complexity index is 675. The summed E-state index contributed by atoms with van der Waals surface area (Å²) in [6.07, 6.45) is 4.85. The molecule has 122 valence electrons. The molecule has 0 saturated carbocycles. The molecule has 1 aromatic rings. The predicted octanol–water partition coefficient (Wildman–Crippen LogP) is 3.11. The van der Waals surface area contributed by atoms with E-state index in [9.17, 15) is 14.4 Å². The average Bonchev–Trinajstić information content (AvgIpc) is 3.07. The quantitative estimate of drug-likeness (QED) is 0.786. The molecule has 0 atom stereocenters. The standard InChI is InChI=1S/C16H18N2O3S2/c1-11-5-6-12(22-11)9-13-15(20)18(16(21)23-13)10-14(19)17-7-3-2-4-8-17/h5-6,9H,2-4,7-8,10H2,1H3/b13-9-. The third-order valence-electron chi connectivity index (χ3n) is 3.91. The van der Waals surface area contributed by atoms with Crippen LogP contribution in [0.2, 0.25) is 0 Å². The molecule has 7 heteroatoms. The highest BCUT2D eigenvalue weighted by Gasteiger charge is 2.37. The van der Waals surface area contributed by atoms with Crippen LogP contribution in [-0.4, -0.2) is 46.5 Å². The molecule has 5 nitrogen and oxygen atoms in total. The van der Waals surface area contributed by atoms with Crippen molar-refractivity contribution in [3.8, 4) is 0 Å². The van der Waals surface area contributed by atoms with E-state index >= 15 is 0 Å². The summed E-state index contributed by atoms with van der Waals surface area (Å²) in [5.74, 6) is -0.503. The number of thioether (sulfide) groups is 1. The molecule has 2 aliphatic heterocycles. The van der Waals surface area contributed by atoms with Gasteiger partial charge in [0.05, 0.1) is 4.91 Å². The summed E-state index contributed by atoms with van der Waals surface area (Å²) in [6.45, 7) is 3.29. The average molecular weight is 350 g/mol. The van der Waals surface area contributed by atoms with Crippen molar-refractivity contribution in [1.29, 1.82) is 0 Å². The monoisotopic (exact) mass is 350 g/mol. The Morgan fingerprint density at radius 3 is 2.61 bits per heavy atom. The molecule has 0 spiro atoms. The molecular formula is C16H18N2O3S2. The van der Waals surface area contributed by atoms with Gasteiger partial charge in [0.2, 0.25) is 5.91 Å². The SMILES string of the molecule is Cc1ccc(/C=C2\SC(=O)N(CC(=O)N3CCCCC3)C2=O)s1. The van der Waals surface area contributed by atoms with E-state index in [0.717, 1.165) is 58.8 Å². The van der Waals surface area contributed by atoms with Crippen LogP contribution in [0.3, 0.4) is 0 Å². The zero-order valence-corrected chi connectivity index (χ0v) is 14.5. The third-order valence-corrected chi connectivity index (χ3v) is 5.77. The summed E-state index contributed by atoms with van der Waals surface area (Å²) in [6, 6.07) is 3.90. The molecule has 0 aromatic carbocycles. The maximum absolute atomic E-state index is 12.4. The van der Waals surface area contributed by atoms with Crippen molar-refractivity contribution in [2.24, 2.45) is 0 Å². The molecule has 0 radical (unpaired) electrons. The Hall–Kier alpha value is -1.60. The van der Waals surface area contributed by atoms with Gasteiger partial charge in [0.1, 0.15) is 6.54 Å². The number of imide groups is 1. The lowest BCUT2D eigenvalue weighted by Gasteiger charge is -2.27. The molecule has 2 aliphatic rings. The number of hydrogen-bond acceptors (Lipinski definition) is 5. The first-order valence-corrected chi connectivity index (χ1v) is 9.27. The topological polar surface area (TPSA) is 57.7 Å². The van der Waals surface area contributed by atoms with Gasteiger partial charge >= 0.3 is 0 Å². The number of nitrogens with zero attached hydrogens (tertiary/aromatic N) is 2. The summed E-state index contributed by atoms with van der Waals surface area (Å²) >= 11 is 2.48. The second-order valence-electron chi connectivity index (χ2n) is 5.66. The Morgan fingerprint density at radius 1 is 1.22 bits per heavy atom. The van der Waals surface area contributed by atoms with Crippen molar-refractivity contribution in [1.82, 2.24) is 9.80 Å². The number of carbonyl (C=O) groups is 3. The van der Waals surface area contributed by atoms with Crippen molar-refractivity contribution < 1.29 is 14.4 Å². The first-order valence-electron chi connectivity index (χ1n) is 7.64. The van der Waals surface area contributed by atoms with Gasteiger partial charge in [-0.2, -0.15) is 0 Å². The summed E-state index contributed by atoms with van der Waals surface area (Å²) in [7, 11) is 0. The van der Waals surface area contributed by atoms with Crippen molar-refractivity contribution in [3.05, 3.63) is 26.8 Å². The van der Waals surface area contributed by atoms with Gasteiger partial charge in [-0.3, -0.25) is 19.3 Å². The number of piperidine rings is 1. The number of aryl methyl sites for hydroxylation is 1. The fourth-order valence-electron chi connectivity index (χ4n) is 2.68. The van der Waals surface area contributed by atoms with Crippen LogP contribution in [0.4, 0.5) is 4.79 Å². The lowest BCUT2D eigenvalue weighted by molar-refractivity contribution is -0.136. The van der Waals surface area contributed by atoms with Crippen LogP contribution < -0.4 is 0 Å². The largest absolute Gasteiger partial charge is 0.341 e. The van der Waals surface area contributed by atoms with Crippen LogP contribution in [-0.2, 0) is 9.59 Å². The van der Waals surface area contributed by atoms with Crippen LogP contribution >= 0.6 is 23.1 Å². The fraction of sp³-hybridized carbons (Fsp3) is 0.438. The summed E-state index contributed by atoms with van der Waals surface area (Å²) in [5.41, 5.74) is 0. The zero-order valence-electron chi connectivity index (χ0n) is 12.9. The molecule has 0 N–H and O–H groups in total. The minimum absolute atomic E-state index is 0.139. The molecular weight excluding hydrogens is 332 g/mol. The summed E-state index contributed by atoms with van der Waals surface area (Å²) in [5, 5.41) is -0.361. The number of likely N-dealkylation sites (tertiary alicyclic amines) is 1. The van der Waals surface area contributed by atoms with E-state index in [4.69, 9.17) is 0 Å². The van der Waals surface area contributed by atoms with Gasteiger partial charge in [-0.1, -0.05) is 0 Å². The second kappa shape index (κ2) is 6.88. The smallest absolute Gasteiger partial charge is 0.294 e. The second-order valence-corrected chi connectivity index (χ2v) is 7.97. The molecule has 2 fully saturated rings. The normalized spacial score (nSPS) is 20.7. The van der Waals surface area contributed by atoms with Gasteiger partial charge in [0.15, 0.2) is 0 Å². The van der Waals surface area contributed by atoms with Crippen LogP contribution in [0, 0.1) is 6.92 Å². The van der Waals surface area contributed by atoms with Crippen LogP contribution in [0.25, 0.3) is 6.08 Å². The maximum Gasteiger partial charge on any atom is 0.294 e. The molecule has 0 bridgehead atoms. The fourth-order valence-corrected chi connectivity index (χ4v) is 4.40. The van der Waals surface area contributed by atoms with E-state index in [1.165, 1.54) is 0 Å². The van der Waals surface area contributed by atoms with Crippen LogP contribution in [0.5, 0.6) is 0 Å². The molecule has 0 unspecified atom stereocenters. The van der Waals surface area contributed by atoms with Gasteiger partial charge in [-0.05, 0) is 56.2 Å². The summed E-state index contributed by atoms with van der Waals surface area (Å²) in [4.78, 5) is 42.0. The minimum atomic E-state index is -0.364. The van der Waals surface area contributed by atoms with Gasteiger partial charge in [0, 0.05) is 22.8 Å². The van der Waals surface area contributed by atoms with Crippen LogP contribution in [0.1, 0.15) is 29.0 Å². The predicted molar refractivity (Wildman–Crippen MR) is 92.2 cm³/mol. The highest BCUT2D eigenvalue weighted by atomic mass is 32.2. The highest BCUT2D eigenvalue weighted by molar-refractivity contribution is 8.18. The lowest BCUT2D eigenvalue weighted by atomic mass is 10.1. The van der Waals surface area contributed by atoms with Gasteiger partial charge < -0.3 is 4.90 Å². The molecule has 3 rings (SSSR count). The Balaban J connectivity index is 1.68. The molecule has 2 saturated heterocycles. The van der Waals surface area contributed by atoms with Crippen LogP contribution in [0.15, 0.2) is 17.0 Å². The molecule has 3 amide bonds. The van der Waals surface area contributed by atoms with E-state index < -0.39 is 0 Å². The Morgan fingerprint density at radius 2 is 1.96 bits per heavy atom. The number of thiophene rings is 1. The number of hydrogen-bond donors (Lipinski definition) is 0. The molecule has 23 heavy (non-hydrogen) atoms. The maximum atomic E-state index is 12.4. The van der Waals surface area contributed by atoms with Crippen molar-refractivity contribution in [2.45, 2.75) is 26.2 Å².